The zero-order valence-corrected chi connectivity index (χ0v) is 9.47. The normalized spacial score (nSPS) is 14.8. The molecule has 4 heteroatoms. The van der Waals surface area contributed by atoms with E-state index in [0.717, 1.165) is 29.0 Å². The summed E-state index contributed by atoms with van der Waals surface area (Å²) in [5.41, 5.74) is 1.88. The van der Waals surface area contributed by atoms with Gasteiger partial charge in [-0.15, -0.1) is 12.6 Å². The Morgan fingerprint density at radius 3 is 2.80 bits per heavy atom. The van der Waals surface area contributed by atoms with Crippen molar-refractivity contribution in [1.82, 2.24) is 5.32 Å². The Labute approximate surface area is 94.7 Å². The molecule has 0 heterocycles. The molecule has 1 aromatic carbocycles. The SMILES string of the molecule is Cc1ccc(NC(=O)NC2CC2)cc1S. The lowest BCUT2D eigenvalue weighted by atomic mass is 10.2. The van der Waals surface area contributed by atoms with Crippen molar-refractivity contribution in [3.63, 3.8) is 0 Å². The summed E-state index contributed by atoms with van der Waals surface area (Å²) >= 11 is 4.30. The molecule has 0 saturated heterocycles. The summed E-state index contributed by atoms with van der Waals surface area (Å²) in [6.07, 6.45) is 2.19. The second-order valence-electron chi connectivity index (χ2n) is 3.87. The summed E-state index contributed by atoms with van der Waals surface area (Å²) in [5.74, 6) is 0. The first kappa shape index (κ1) is 10.4. The maximum Gasteiger partial charge on any atom is 0.319 e. The van der Waals surface area contributed by atoms with Crippen LogP contribution in [0, 0.1) is 6.92 Å². The predicted molar refractivity (Wildman–Crippen MR) is 63.6 cm³/mol. The lowest BCUT2D eigenvalue weighted by molar-refractivity contribution is 0.251. The standard InChI is InChI=1S/C11H14N2OS/c1-7-2-3-9(6-10(7)15)13-11(14)12-8-4-5-8/h2-3,6,8,15H,4-5H2,1H3,(H2,12,13,14). The van der Waals surface area contributed by atoms with Crippen molar-refractivity contribution in [3.8, 4) is 0 Å². The van der Waals surface area contributed by atoms with Crippen LogP contribution in [0.3, 0.4) is 0 Å². The van der Waals surface area contributed by atoms with Crippen LogP contribution in [0.5, 0.6) is 0 Å². The monoisotopic (exact) mass is 222 g/mol. The summed E-state index contributed by atoms with van der Waals surface area (Å²) < 4.78 is 0. The summed E-state index contributed by atoms with van der Waals surface area (Å²) in [6, 6.07) is 5.92. The van der Waals surface area contributed by atoms with Gasteiger partial charge in [0.25, 0.3) is 0 Å². The fraction of sp³-hybridized carbons (Fsp3) is 0.364. The largest absolute Gasteiger partial charge is 0.335 e. The van der Waals surface area contributed by atoms with Gasteiger partial charge in [0.1, 0.15) is 0 Å². The molecule has 0 aromatic heterocycles. The van der Waals surface area contributed by atoms with E-state index in [1.807, 2.05) is 25.1 Å². The third kappa shape index (κ3) is 2.89. The molecule has 1 aliphatic rings. The molecule has 2 rings (SSSR count). The van der Waals surface area contributed by atoms with Crippen LogP contribution in [0.4, 0.5) is 10.5 Å². The van der Waals surface area contributed by atoms with Crippen LogP contribution in [-0.2, 0) is 0 Å². The number of thiol groups is 1. The van der Waals surface area contributed by atoms with Crippen LogP contribution in [0.1, 0.15) is 18.4 Å². The van der Waals surface area contributed by atoms with Gasteiger partial charge in [-0.3, -0.25) is 0 Å². The lowest BCUT2D eigenvalue weighted by Gasteiger charge is -2.07. The number of hydrogen-bond acceptors (Lipinski definition) is 2. The number of hydrogen-bond donors (Lipinski definition) is 3. The van der Waals surface area contributed by atoms with Crippen LogP contribution in [0.25, 0.3) is 0 Å². The second kappa shape index (κ2) is 4.14. The average molecular weight is 222 g/mol. The molecule has 3 nitrogen and oxygen atoms in total. The molecule has 0 unspecified atom stereocenters. The van der Waals surface area contributed by atoms with E-state index >= 15 is 0 Å². The lowest BCUT2D eigenvalue weighted by Crippen LogP contribution is -2.30. The van der Waals surface area contributed by atoms with Gasteiger partial charge in [0, 0.05) is 16.6 Å². The summed E-state index contributed by atoms with van der Waals surface area (Å²) in [5, 5.41) is 5.64. The zero-order chi connectivity index (χ0) is 10.8. The molecule has 2 amide bonds. The van der Waals surface area contributed by atoms with E-state index in [1.165, 1.54) is 0 Å². The molecule has 0 atom stereocenters. The summed E-state index contributed by atoms with van der Waals surface area (Å²) in [7, 11) is 0. The first-order valence-corrected chi connectivity index (χ1v) is 5.47. The van der Waals surface area contributed by atoms with E-state index in [9.17, 15) is 4.79 Å². The number of benzene rings is 1. The molecular weight excluding hydrogens is 208 g/mol. The van der Waals surface area contributed by atoms with Gasteiger partial charge in [-0.05, 0) is 37.5 Å². The first-order chi connectivity index (χ1) is 7.15. The van der Waals surface area contributed by atoms with Crippen LogP contribution < -0.4 is 10.6 Å². The number of urea groups is 1. The van der Waals surface area contributed by atoms with Crippen LogP contribution in [0.2, 0.25) is 0 Å². The van der Waals surface area contributed by atoms with Crippen LogP contribution >= 0.6 is 12.6 Å². The van der Waals surface area contributed by atoms with E-state index in [-0.39, 0.29) is 6.03 Å². The molecule has 80 valence electrons. The van der Waals surface area contributed by atoms with Gasteiger partial charge in [-0.1, -0.05) is 6.07 Å². The number of carbonyl (C=O) groups is 1. The van der Waals surface area contributed by atoms with Crippen molar-refractivity contribution in [2.45, 2.75) is 30.7 Å². The van der Waals surface area contributed by atoms with Gasteiger partial charge < -0.3 is 10.6 Å². The van der Waals surface area contributed by atoms with E-state index in [4.69, 9.17) is 0 Å². The number of aryl methyl sites for hydroxylation is 1. The van der Waals surface area contributed by atoms with Gasteiger partial charge >= 0.3 is 6.03 Å². The van der Waals surface area contributed by atoms with Gasteiger partial charge in [0.15, 0.2) is 0 Å². The molecule has 0 bridgehead atoms. The highest BCUT2D eigenvalue weighted by atomic mass is 32.1. The Morgan fingerprint density at radius 1 is 1.47 bits per heavy atom. The maximum absolute atomic E-state index is 11.4. The minimum atomic E-state index is -0.130. The highest BCUT2D eigenvalue weighted by molar-refractivity contribution is 7.80. The van der Waals surface area contributed by atoms with Gasteiger partial charge in [0.05, 0.1) is 0 Å². The molecule has 0 aliphatic heterocycles. The van der Waals surface area contributed by atoms with Crippen LogP contribution in [0.15, 0.2) is 23.1 Å². The zero-order valence-electron chi connectivity index (χ0n) is 8.58. The summed E-state index contributed by atoms with van der Waals surface area (Å²) in [4.78, 5) is 12.3. The molecule has 15 heavy (non-hydrogen) atoms. The fourth-order valence-corrected chi connectivity index (χ4v) is 1.48. The predicted octanol–water partition coefficient (Wildman–Crippen LogP) is 2.57. The quantitative estimate of drug-likeness (QED) is 0.661. The molecule has 1 aromatic rings. The van der Waals surface area contributed by atoms with Crippen molar-refractivity contribution in [3.05, 3.63) is 23.8 Å². The molecular formula is C11H14N2OS. The number of carbonyl (C=O) groups excluding carboxylic acids is 1. The highest BCUT2D eigenvalue weighted by Crippen LogP contribution is 2.20. The molecule has 1 aliphatic carbocycles. The molecule has 1 saturated carbocycles. The van der Waals surface area contributed by atoms with E-state index in [0.29, 0.717) is 6.04 Å². The smallest absolute Gasteiger partial charge is 0.319 e. The molecule has 2 N–H and O–H groups in total. The summed E-state index contributed by atoms with van der Waals surface area (Å²) in [6.45, 7) is 1.98. The third-order valence-electron chi connectivity index (χ3n) is 2.38. The Balaban J connectivity index is 1.97. The molecule has 1 fully saturated rings. The van der Waals surface area contributed by atoms with Crippen molar-refractivity contribution in [2.24, 2.45) is 0 Å². The fourth-order valence-electron chi connectivity index (χ4n) is 1.27. The molecule has 0 spiro atoms. The van der Waals surface area contributed by atoms with Gasteiger partial charge in [-0.25, -0.2) is 4.79 Å². The van der Waals surface area contributed by atoms with Crippen molar-refractivity contribution in [1.29, 1.82) is 0 Å². The second-order valence-corrected chi connectivity index (χ2v) is 4.36. The topological polar surface area (TPSA) is 41.1 Å². The third-order valence-corrected chi connectivity index (χ3v) is 2.86. The average Bonchev–Trinajstić information content (AvgIpc) is 2.95. The highest BCUT2D eigenvalue weighted by Gasteiger charge is 2.23. The van der Waals surface area contributed by atoms with Gasteiger partial charge in [0.2, 0.25) is 0 Å². The Kier molecular flexibility index (Phi) is 2.86. The Morgan fingerprint density at radius 2 is 2.20 bits per heavy atom. The minimum absolute atomic E-state index is 0.130. The van der Waals surface area contributed by atoms with Crippen molar-refractivity contribution >= 4 is 24.3 Å². The maximum atomic E-state index is 11.4. The molecule has 0 radical (unpaired) electrons. The Bertz CT molecular complexity index is 388. The first-order valence-electron chi connectivity index (χ1n) is 5.02. The van der Waals surface area contributed by atoms with Crippen molar-refractivity contribution < 1.29 is 4.79 Å². The number of amides is 2. The van der Waals surface area contributed by atoms with Gasteiger partial charge in [-0.2, -0.15) is 0 Å². The van der Waals surface area contributed by atoms with E-state index in [2.05, 4.69) is 23.3 Å². The number of anilines is 1. The number of rotatable bonds is 2. The van der Waals surface area contributed by atoms with E-state index < -0.39 is 0 Å². The van der Waals surface area contributed by atoms with Crippen LogP contribution in [-0.4, -0.2) is 12.1 Å². The minimum Gasteiger partial charge on any atom is -0.335 e. The number of nitrogens with one attached hydrogen (secondary N) is 2. The van der Waals surface area contributed by atoms with Crippen molar-refractivity contribution in [2.75, 3.05) is 5.32 Å². The van der Waals surface area contributed by atoms with E-state index in [1.54, 1.807) is 0 Å². The Hall–Kier alpha value is -1.16.